The minimum absolute atomic E-state index is 0.104. The number of esters is 1. The second-order valence-electron chi connectivity index (χ2n) is 8.82. The quantitative estimate of drug-likeness (QED) is 0.384. The zero-order valence-electron chi connectivity index (χ0n) is 22.4. The molecule has 0 bridgehead atoms. The van der Waals surface area contributed by atoms with E-state index in [4.69, 9.17) is 18.9 Å². The number of rotatable bonds is 9. The third-order valence-electron chi connectivity index (χ3n) is 5.90. The summed E-state index contributed by atoms with van der Waals surface area (Å²) in [7, 11) is 1.58. The molecule has 0 N–H and O–H groups in total. The first-order valence-electron chi connectivity index (χ1n) is 12.6. The number of carbonyl (C=O) groups excluding carboxylic acids is 1. The summed E-state index contributed by atoms with van der Waals surface area (Å²) >= 11 is 1.25. The van der Waals surface area contributed by atoms with Crippen molar-refractivity contribution in [2.75, 3.05) is 20.3 Å². The number of aromatic nitrogens is 1. The van der Waals surface area contributed by atoms with E-state index in [2.05, 4.69) is 4.99 Å². The van der Waals surface area contributed by atoms with Crippen molar-refractivity contribution >= 4 is 23.4 Å². The zero-order chi connectivity index (χ0) is 27.4. The van der Waals surface area contributed by atoms with Crippen molar-refractivity contribution < 1.29 is 23.7 Å². The average Bonchev–Trinajstić information content (AvgIpc) is 3.18. The summed E-state index contributed by atoms with van der Waals surface area (Å²) in [5.41, 5.74) is 1.91. The first-order chi connectivity index (χ1) is 18.3. The average molecular weight is 537 g/mol. The third-order valence-corrected chi connectivity index (χ3v) is 6.88. The van der Waals surface area contributed by atoms with Crippen molar-refractivity contribution in [2.45, 2.75) is 46.8 Å². The van der Waals surface area contributed by atoms with Gasteiger partial charge in [-0.15, -0.1) is 0 Å². The standard InChI is InChI=1S/C29H32N2O6S/c1-7-35-26-19(12-11-15-22(26)34-6)16-23-27(32)31-25(20-13-9-10-14-21(20)37-17(3)4)24(28(33)36-8-2)18(5)30-29(31)38-23/h9-17,25H,7-8H2,1-6H3/b23-16-. The number of thiazole rings is 1. The molecule has 2 aromatic carbocycles. The highest BCUT2D eigenvalue weighted by Gasteiger charge is 2.35. The summed E-state index contributed by atoms with van der Waals surface area (Å²) in [6, 6.07) is 12.2. The molecule has 0 radical (unpaired) electrons. The van der Waals surface area contributed by atoms with E-state index in [1.165, 1.54) is 11.3 Å². The minimum atomic E-state index is -0.765. The van der Waals surface area contributed by atoms with E-state index in [-0.39, 0.29) is 18.3 Å². The molecule has 8 nitrogen and oxygen atoms in total. The Morgan fingerprint density at radius 1 is 1.11 bits per heavy atom. The molecule has 1 atom stereocenters. The van der Waals surface area contributed by atoms with Gasteiger partial charge in [-0.3, -0.25) is 9.36 Å². The van der Waals surface area contributed by atoms with Gasteiger partial charge in [0.2, 0.25) is 0 Å². The summed E-state index contributed by atoms with van der Waals surface area (Å²) in [5.74, 6) is 1.20. The topological polar surface area (TPSA) is 88.4 Å². The van der Waals surface area contributed by atoms with Crippen LogP contribution >= 0.6 is 11.3 Å². The molecule has 4 rings (SSSR count). The maximum atomic E-state index is 14.0. The fourth-order valence-corrected chi connectivity index (χ4v) is 5.44. The molecule has 1 aliphatic rings. The summed E-state index contributed by atoms with van der Waals surface area (Å²) < 4.78 is 24.8. The molecule has 0 spiro atoms. The lowest BCUT2D eigenvalue weighted by atomic mass is 9.95. The fourth-order valence-electron chi connectivity index (χ4n) is 4.40. The number of nitrogens with zero attached hydrogens (tertiary/aromatic N) is 2. The molecule has 0 fully saturated rings. The summed E-state index contributed by atoms with van der Waals surface area (Å²) in [6.07, 6.45) is 1.67. The molecule has 3 aromatic rings. The lowest BCUT2D eigenvalue weighted by Crippen LogP contribution is -2.40. The number of benzene rings is 2. The highest BCUT2D eigenvalue weighted by atomic mass is 32.1. The van der Waals surface area contributed by atoms with Crippen LogP contribution in [0.4, 0.5) is 0 Å². The number of hydrogen-bond donors (Lipinski definition) is 0. The third kappa shape index (κ3) is 5.24. The Labute approximate surface area is 225 Å². The predicted octanol–water partition coefficient (Wildman–Crippen LogP) is 3.99. The maximum Gasteiger partial charge on any atom is 0.338 e. The van der Waals surface area contributed by atoms with Crippen LogP contribution in [0.5, 0.6) is 17.2 Å². The number of methoxy groups -OCH3 is 1. The van der Waals surface area contributed by atoms with Gasteiger partial charge in [-0.25, -0.2) is 9.79 Å². The van der Waals surface area contributed by atoms with E-state index >= 15 is 0 Å². The van der Waals surface area contributed by atoms with Gasteiger partial charge in [-0.05, 0) is 52.8 Å². The molecular weight excluding hydrogens is 504 g/mol. The van der Waals surface area contributed by atoms with Crippen LogP contribution in [0, 0.1) is 0 Å². The number of allylic oxidation sites excluding steroid dienone is 1. The molecular formula is C29H32N2O6S. The summed E-state index contributed by atoms with van der Waals surface area (Å²) in [6.45, 7) is 9.90. The van der Waals surface area contributed by atoms with Crippen molar-refractivity contribution in [2.24, 2.45) is 4.99 Å². The fraction of sp³-hybridized carbons (Fsp3) is 0.345. The summed E-state index contributed by atoms with van der Waals surface area (Å²) in [5, 5.41) is 0. The van der Waals surface area contributed by atoms with Crippen LogP contribution in [0.3, 0.4) is 0 Å². The van der Waals surface area contributed by atoms with E-state index in [0.29, 0.717) is 55.6 Å². The van der Waals surface area contributed by atoms with E-state index < -0.39 is 12.0 Å². The SMILES string of the molecule is CCOC(=O)C1=C(C)N=c2s/c(=C\c3cccc(OC)c3OCC)c(=O)n2C1c1ccccc1OC(C)C. The first kappa shape index (κ1) is 27.2. The van der Waals surface area contributed by atoms with E-state index in [0.717, 1.165) is 0 Å². The Hall–Kier alpha value is -3.85. The number of fused-ring (bicyclic) bond motifs is 1. The van der Waals surface area contributed by atoms with Crippen LogP contribution in [-0.4, -0.2) is 37.0 Å². The van der Waals surface area contributed by atoms with Gasteiger partial charge < -0.3 is 18.9 Å². The number of ether oxygens (including phenoxy) is 4. The van der Waals surface area contributed by atoms with Crippen molar-refractivity contribution in [1.82, 2.24) is 4.57 Å². The number of para-hydroxylation sites is 2. The van der Waals surface area contributed by atoms with Gasteiger partial charge >= 0.3 is 5.97 Å². The number of carbonyl (C=O) groups is 1. The molecule has 200 valence electrons. The highest BCUT2D eigenvalue weighted by molar-refractivity contribution is 7.07. The lowest BCUT2D eigenvalue weighted by Gasteiger charge is -2.26. The van der Waals surface area contributed by atoms with Crippen LogP contribution < -0.4 is 29.1 Å². The molecule has 0 saturated carbocycles. The van der Waals surface area contributed by atoms with Crippen molar-refractivity contribution in [1.29, 1.82) is 0 Å². The second kappa shape index (κ2) is 11.7. The monoisotopic (exact) mass is 536 g/mol. The molecule has 0 aliphatic carbocycles. The van der Waals surface area contributed by atoms with Crippen LogP contribution in [0.15, 0.2) is 63.5 Å². The molecule has 1 aromatic heterocycles. The van der Waals surface area contributed by atoms with Gasteiger partial charge in [0.1, 0.15) is 11.8 Å². The van der Waals surface area contributed by atoms with Crippen LogP contribution in [0.2, 0.25) is 0 Å². The van der Waals surface area contributed by atoms with Crippen molar-refractivity contribution in [3.05, 3.63) is 84.5 Å². The Kier molecular flexibility index (Phi) is 8.36. The van der Waals surface area contributed by atoms with Crippen LogP contribution in [0.1, 0.15) is 51.8 Å². The van der Waals surface area contributed by atoms with Gasteiger partial charge in [0.25, 0.3) is 5.56 Å². The van der Waals surface area contributed by atoms with Crippen molar-refractivity contribution in [3.8, 4) is 17.2 Å². The molecule has 0 amide bonds. The maximum absolute atomic E-state index is 14.0. The first-order valence-corrected chi connectivity index (χ1v) is 13.4. The smallest absolute Gasteiger partial charge is 0.338 e. The largest absolute Gasteiger partial charge is 0.493 e. The number of hydrogen-bond acceptors (Lipinski definition) is 8. The van der Waals surface area contributed by atoms with Crippen LogP contribution in [0.25, 0.3) is 6.08 Å². The van der Waals surface area contributed by atoms with Crippen molar-refractivity contribution in [3.63, 3.8) is 0 Å². The summed E-state index contributed by atoms with van der Waals surface area (Å²) in [4.78, 5) is 32.3. The van der Waals surface area contributed by atoms with E-state index in [9.17, 15) is 9.59 Å². The molecule has 0 saturated heterocycles. The lowest BCUT2D eigenvalue weighted by molar-refractivity contribution is -0.139. The molecule has 2 heterocycles. The van der Waals surface area contributed by atoms with Gasteiger partial charge in [0, 0.05) is 11.1 Å². The second-order valence-corrected chi connectivity index (χ2v) is 9.83. The Bertz CT molecular complexity index is 1550. The Morgan fingerprint density at radius 2 is 1.84 bits per heavy atom. The Balaban J connectivity index is 1.99. The molecule has 1 aliphatic heterocycles. The molecule has 38 heavy (non-hydrogen) atoms. The van der Waals surface area contributed by atoms with E-state index in [1.54, 1.807) is 31.6 Å². The minimum Gasteiger partial charge on any atom is -0.493 e. The van der Waals surface area contributed by atoms with Crippen LogP contribution in [-0.2, 0) is 9.53 Å². The van der Waals surface area contributed by atoms with Gasteiger partial charge in [0.15, 0.2) is 16.3 Å². The predicted molar refractivity (Wildman–Crippen MR) is 147 cm³/mol. The highest BCUT2D eigenvalue weighted by Crippen LogP contribution is 2.36. The molecule has 9 heteroatoms. The zero-order valence-corrected chi connectivity index (χ0v) is 23.3. The van der Waals surface area contributed by atoms with Gasteiger partial charge in [0.05, 0.1) is 42.2 Å². The molecule has 1 unspecified atom stereocenters. The normalized spacial score (nSPS) is 15.2. The van der Waals surface area contributed by atoms with Gasteiger partial charge in [-0.2, -0.15) is 0 Å². The van der Waals surface area contributed by atoms with Gasteiger partial charge in [-0.1, -0.05) is 41.7 Å². The Morgan fingerprint density at radius 3 is 2.53 bits per heavy atom. The van der Waals surface area contributed by atoms with E-state index in [1.807, 2.05) is 63.2 Å².